The molecule has 0 radical (unpaired) electrons. The third-order valence-corrected chi connectivity index (χ3v) is 10.9. The van der Waals surface area contributed by atoms with Crippen LogP contribution in [0.3, 0.4) is 0 Å². The third kappa shape index (κ3) is 7.33. The number of halogens is 1. The molecule has 2 N–H and O–H groups in total. The Balaban J connectivity index is 1.06. The number of likely N-dealkylation sites (tertiary alicyclic amines) is 1. The number of piperidine rings is 1. The van der Waals surface area contributed by atoms with Gasteiger partial charge in [0.2, 0.25) is 17.7 Å². The van der Waals surface area contributed by atoms with Crippen molar-refractivity contribution in [3.63, 3.8) is 0 Å². The summed E-state index contributed by atoms with van der Waals surface area (Å²) in [6, 6.07) is 24.5. The molecule has 3 saturated heterocycles. The molecule has 0 aliphatic carbocycles. The molecule has 4 aliphatic rings. The van der Waals surface area contributed by atoms with Gasteiger partial charge in [-0.1, -0.05) is 66.2 Å². The SMILES string of the molecule is O=C(NC(Cc1ccc(Cl)cc1)C(=O)N1CCC2(CC1)C(=O)N(CCN1CCOCC1)CN2c1ccccc1)C1Cc2ccccc2CN1. The number of morpholine rings is 1. The molecular formula is C38H45ClN6O4. The normalized spacial score (nSPS) is 21.4. The van der Waals surface area contributed by atoms with E-state index < -0.39 is 17.6 Å². The zero-order valence-electron chi connectivity index (χ0n) is 27.9. The molecule has 11 heteroatoms. The summed E-state index contributed by atoms with van der Waals surface area (Å²) in [5.41, 5.74) is 3.53. The van der Waals surface area contributed by atoms with Gasteiger partial charge in [0.1, 0.15) is 11.6 Å². The molecule has 4 aliphatic heterocycles. The number of hydrogen-bond acceptors (Lipinski definition) is 7. The summed E-state index contributed by atoms with van der Waals surface area (Å²) < 4.78 is 5.51. The van der Waals surface area contributed by atoms with Gasteiger partial charge in [0.05, 0.1) is 25.9 Å². The molecule has 10 nitrogen and oxygen atoms in total. The highest BCUT2D eigenvalue weighted by atomic mass is 35.5. The lowest BCUT2D eigenvalue weighted by Crippen LogP contribution is -2.60. The predicted octanol–water partition coefficient (Wildman–Crippen LogP) is 3.08. The van der Waals surface area contributed by atoms with Crippen LogP contribution in [0.5, 0.6) is 0 Å². The van der Waals surface area contributed by atoms with Gasteiger partial charge < -0.3 is 30.1 Å². The summed E-state index contributed by atoms with van der Waals surface area (Å²) in [5, 5.41) is 7.08. The quantitative estimate of drug-likeness (QED) is 0.358. The molecule has 49 heavy (non-hydrogen) atoms. The van der Waals surface area contributed by atoms with Gasteiger partial charge in [0.25, 0.3) is 0 Å². The second-order valence-corrected chi connectivity index (χ2v) is 14.0. The monoisotopic (exact) mass is 684 g/mol. The molecule has 0 saturated carbocycles. The van der Waals surface area contributed by atoms with Crippen LogP contribution in [0.1, 0.15) is 29.5 Å². The van der Waals surface area contributed by atoms with Crippen molar-refractivity contribution in [3.8, 4) is 0 Å². The Hall–Kier alpha value is -3.96. The fraction of sp³-hybridized carbons (Fsp3) is 0.447. The Morgan fingerprint density at radius 1 is 0.898 bits per heavy atom. The summed E-state index contributed by atoms with van der Waals surface area (Å²) in [6.45, 7) is 6.65. The number of carbonyl (C=O) groups is 3. The molecule has 3 aromatic carbocycles. The highest BCUT2D eigenvalue weighted by molar-refractivity contribution is 6.30. The minimum atomic E-state index is -0.753. The van der Waals surface area contributed by atoms with E-state index in [1.807, 2.05) is 52.3 Å². The molecule has 2 unspecified atom stereocenters. The van der Waals surface area contributed by atoms with Crippen LogP contribution >= 0.6 is 11.6 Å². The molecule has 3 amide bonds. The Kier molecular flexibility index (Phi) is 10.2. The number of nitrogens with zero attached hydrogens (tertiary/aromatic N) is 4. The van der Waals surface area contributed by atoms with E-state index in [9.17, 15) is 14.4 Å². The van der Waals surface area contributed by atoms with E-state index in [4.69, 9.17) is 16.3 Å². The molecule has 4 heterocycles. The van der Waals surface area contributed by atoms with E-state index in [-0.39, 0.29) is 17.7 Å². The van der Waals surface area contributed by atoms with E-state index in [0.29, 0.717) is 63.6 Å². The Labute approximate surface area is 293 Å². The van der Waals surface area contributed by atoms with E-state index in [2.05, 4.69) is 44.7 Å². The van der Waals surface area contributed by atoms with Crippen LogP contribution in [-0.2, 0) is 38.5 Å². The van der Waals surface area contributed by atoms with Crippen LogP contribution in [0.15, 0.2) is 78.9 Å². The number of carbonyl (C=O) groups excluding carboxylic acids is 3. The fourth-order valence-electron chi connectivity index (χ4n) is 7.75. The Bertz CT molecular complexity index is 1620. The van der Waals surface area contributed by atoms with Crippen LogP contribution in [0.4, 0.5) is 5.69 Å². The number of anilines is 1. The fourth-order valence-corrected chi connectivity index (χ4v) is 7.87. The minimum absolute atomic E-state index is 0.129. The van der Waals surface area contributed by atoms with Crippen molar-refractivity contribution in [2.45, 2.75) is 49.9 Å². The first kappa shape index (κ1) is 33.5. The van der Waals surface area contributed by atoms with Crippen LogP contribution in [0, 0.1) is 0 Å². The molecule has 3 aromatic rings. The van der Waals surface area contributed by atoms with Crippen molar-refractivity contribution in [1.29, 1.82) is 0 Å². The van der Waals surface area contributed by atoms with E-state index in [1.54, 1.807) is 12.1 Å². The van der Waals surface area contributed by atoms with Gasteiger partial charge in [-0.2, -0.15) is 0 Å². The average Bonchev–Trinajstić information content (AvgIpc) is 3.41. The lowest BCUT2D eigenvalue weighted by molar-refractivity contribution is -0.141. The first-order valence-corrected chi connectivity index (χ1v) is 17.8. The van der Waals surface area contributed by atoms with Crippen molar-refractivity contribution in [3.05, 3.63) is 101 Å². The number of nitrogens with one attached hydrogen (secondary N) is 2. The molecule has 2 atom stereocenters. The summed E-state index contributed by atoms with van der Waals surface area (Å²) in [5.74, 6) is -0.186. The third-order valence-electron chi connectivity index (χ3n) is 10.6. The van der Waals surface area contributed by atoms with Gasteiger partial charge in [0, 0.05) is 62.9 Å². The lowest BCUT2D eigenvalue weighted by Gasteiger charge is -2.44. The van der Waals surface area contributed by atoms with Crippen molar-refractivity contribution < 1.29 is 19.1 Å². The van der Waals surface area contributed by atoms with E-state index in [1.165, 1.54) is 5.56 Å². The molecular weight excluding hydrogens is 640 g/mol. The van der Waals surface area contributed by atoms with Gasteiger partial charge in [-0.25, -0.2) is 0 Å². The topological polar surface area (TPSA) is 97.5 Å². The molecule has 0 aromatic heterocycles. The van der Waals surface area contributed by atoms with Crippen molar-refractivity contribution in [1.82, 2.24) is 25.3 Å². The summed E-state index contributed by atoms with van der Waals surface area (Å²) in [4.78, 5) is 50.7. The number of rotatable bonds is 9. The number of benzene rings is 3. The molecule has 258 valence electrons. The summed E-state index contributed by atoms with van der Waals surface area (Å²) in [6.07, 6.45) is 1.94. The van der Waals surface area contributed by atoms with Gasteiger partial charge in [-0.3, -0.25) is 19.3 Å². The molecule has 7 rings (SSSR count). The number of amides is 3. The van der Waals surface area contributed by atoms with Crippen molar-refractivity contribution in [2.75, 3.05) is 64.1 Å². The van der Waals surface area contributed by atoms with Crippen LogP contribution < -0.4 is 15.5 Å². The zero-order valence-corrected chi connectivity index (χ0v) is 28.6. The molecule has 1 spiro atoms. The second kappa shape index (κ2) is 14.9. The minimum Gasteiger partial charge on any atom is -0.379 e. The van der Waals surface area contributed by atoms with E-state index in [0.717, 1.165) is 49.7 Å². The lowest BCUT2D eigenvalue weighted by atomic mass is 9.85. The number of para-hydroxylation sites is 1. The van der Waals surface area contributed by atoms with Gasteiger partial charge in [-0.05, 0) is 60.2 Å². The second-order valence-electron chi connectivity index (χ2n) is 13.6. The first-order chi connectivity index (χ1) is 23.9. The maximum Gasteiger partial charge on any atom is 0.250 e. The highest BCUT2D eigenvalue weighted by Gasteiger charge is 2.54. The smallest absolute Gasteiger partial charge is 0.250 e. The number of ether oxygens (including phenoxy) is 1. The first-order valence-electron chi connectivity index (χ1n) is 17.5. The van der Waals surface area contributed by atoms with Crippen LogP contribution in [0.2, 0.25) is 5.02 Å². The summed E-state index contributed by atoms with van der Waals surface area (Å²) in [7, 11) is 0. The standard InChI is InChI=1S/C38H45ClN6O4/c39-31-12-10-28(11-13-31)24-34(41-35(46)33-25-29-6-4-5-7-30(29)26-40-33)36(47)43-16-14-38(15-17-43)37(48)44(19-18-42-20-22-49-23-21-42)27-45(38)32-8-2-1-3-9-32/h1-13,33-34,40H,14-27H2,(H,41,46). The highest BCUT2D eigenvalue weighted by Crippen LogP contribution is 2.39. The maximum atomic E-state index is 14.3. The van der Waals surface area contributed by atoms with Crippen LogP contribution in [-0.4, -0.2) is 109 Å². The zero-order chi connectivity index (χ0) is 33.8. The Morgan fingerprint density at radius 2 is 1.59 bits per heavy atom. The van der Waals surface area contributed by atoms with Gasteiger partial charge in [0.15, 0.2) is 0 Å². The maximum absolute atomic E-state index is 14.3. The Morgan fingerprint density at radius 3 is 2.33 bits per heavy atom. The van der Waals surface area contributed by atoms with Crippen molar-refractivity contribution >= 4 is 35.0 Å². The molecule has 3 fully saturated rings. The average molecular weight is 685 g/mol. The molecule has 0 bridgehead atoms. The van der Waals surface area contributed by atoms with Crippen LogP contribution in [0.25, 0.3) is 0 Å². The van der Waals surface area contributed by atoms with Gasteiger partial charge >= 0.3 is 0 Å². The number of hydrogen-bond donors (Lipinski definition) is 2. The van der Waals surface area contributed by atoms with Crippen molar-refractivity contribution in [2.24, 2.45) is 0 Å². The summed E-state index contributed by atoms with van der Waals surface area (Å²) >= 11 is 6.16. The largest absolute Gasteiger partial charge is 0.379 e. The number of fused-ring (bicyclic) bond motifs is 1. The van der Waals surface area contributed by atoms with Gasteiger partial charge in [-0.15, -0.1) is 0 Å². The predicted molar refractivity (Wildman–Crippen MR) is 189 cm³/mol. The van der Waals surface area contributed by atoms with E-state index >= 15 is 0 Å².